The van der Waals surface area contributed by atoms with Gasteiger partial charge in [-0.15, -0.1) is 0 Å². The second kappa shape index (κ2) is 3.73. The maximum Gasteiger partial charge on any atom is 0.197 e. The van der Waals surface area contributed by atoms with Crippen LogP contribution in [0.2, 0.25) is 0 Å². The number of nitrogens with zero attached hydrogens (tertiary/aromatic N) is 2. The molecule has 0 aliphatic rings. The number of nitrogen functional groups attached to an aromatic ring is 1. The number of aryl methyl sites for hydroxylation is 2. The summed E-state index contributed by atoms with van der Waals surface area (Å²) in [6.07, 6.45) is 0.833. The highest BCUT2D eigenvalue weighted by molar-refractivity contribution is 5.50. The number of hydrogen-bond acceptors (Lipinski definition) is 4. The molecule has 2 N–H and O–H groups in total. The Kier molecular flexibility index (Phi) is 2.41. The first-order valence-electron chi connectivity index (χ1n) is 4.89. The zero-order valence-electron chi connectivity index (χ0n) is 8.82. The molecule has 0 aliphatic carbocycles. The van der Waals surface area contributed by atoms with Crippen LogP contribution in [0.5, 0.6) is 0 Å². The van der Waals surface area contributed by atoms with E-state index in [1.165, 1.54) is 0 Å². The Balaban J connectivity index is 2.48. The largest absolute Gasteiger partial charge is 0.458 e. The van der Waals surface area contributed by atoms with Crippen molar-refractivity contribution in [3.8, 4) is 11.6 Å². The van der Waals surface area contributed by atoms with Gasteiger partial charge >= 0.3 is 0 Å². The van der Waals surface area contributed by atoms with Crippen LogP contribution < -0.4 is 5.73 Å². The Morgan fingerprint density at radius 3 is 2.73 bits per heavy atom. The van der Waals surface area contributed by atoms with Crippen LogP contribution in [0.4, 0.5) is 5.82 Å². The van der Waals surface area contributed by atoms with E-state index in [1.807, 2.05) is 26.0 Å². The predicted molar refractivity (Wildman–Crippen MR) is 58.3 cm³/mol. The lowest BCUT2D eigenvalue weighted by Gasteiger charge is -2.01. The minimum atomic E-state index is 0.478. The number of anilines is 1. The SMILES string of the molecule is CCc1cc(N)nc(-c2ccc(C)o2)n1. The highest BCUT2D eigenvalue weighted by Gasteiger charge is 2.07. The second-order valence-electron chi connectivity index (χ2n) is 3.37. The molecule has 2 rings (SSSR count). The molecule has 0 saturated heterocycles. The van der Waals surface area contributed by atoms with Crippen molar-refractivity contribution in [1.29, 1.82) is 0 Å². The van der Waals surface area contributed by atoms with Crippen molar-refractivity contribution in [1.82, 2.24) is 9.97 Å². The van der Waals surface area contributed by atoms with Crippen molar-refractivity contribution in [2.24, 2.45) is 0 Å². The first-order chi connectivity index (χ1) is 7.19. The molecule has 2 aromatic rings. The molecule has 0 radical (unpaired) electrons. The van der Waals surface area contributed by atoms with Crippen LogP contribution in [0.15, 0.2) is 22.6 Å². The van der Waals surface area contributed by atoms with Crippen LogP contribution in [0, 0.1) is 6.92 Å². The van der Waals surface area contributed by atoms with E-state index in [4.69, 9.17) is 10.2 Å². The average Bonchev–Trinajstić information content (AvgIpc) is 2.64. The van der Waals surface area contributed by atoms with Crippen molar-refractivity contribution < 1.29 is 4.42 Å². The third-order valence-corrected chi connectivity index (χ3v) is 2.12. The van der Waals surface area contributed by atoms with E-state index in [0.717, 1.165) is 17.9 Å². The molecule has 4 nitrogen and oxygen atoms in total. The summed E-state index contributed by atoms with van der Waals surface area (Å²) in [5.74, 6) is 2.54. The van der Waals surface area contributed by atoms with E-state index < -0.39 is 0 Å². The third-order valence-electron chi connectivity index (χ3n) is 2.12. The van der Waals surface area contributed by atoms with Gasteiger partial charge in [-0.3, -0.25) is 0 Å². The Morgan fingerprint density at radius 1 is 1.33 bits per heavy atom. The maximum absolute atomic E-state index is 5.69. The first-order valence-corrected chi connectivity index (χ1v) is 4.89. The second-order valence-corrected chi connectivity index (χ2v) is 3.37. The van der Waals surface area contributed by atoms with E-state index in [0.29, 0.717) is 17.4 Å². The van der Waals surface area contributed by atoms with Crippen LogP contribution in [-0.2, 0) is 6.42 Å². The van der Waals surface area contributed by atoms with Crippen LogP contribution in [0.1, 0.15) is 18.4 Å². The van der Waals surface area contributed by atoms with Gasteiger partial charge in [-0.2, -0.15) is 0 Å². The average molecular weight is 203 g/mol. The topological polar surface area (TPSA) is 64.9 Å². The first kappa shape index (κ1) is 9.71. The lowest BCUT2D eigenvalue weighted by molar-refractivity contribution is 0.544. The molecule has 0 aromatic carbocycles. The van der Waals surface area contributed by atoms with Crippen molar-refractivity contribution in [2.75, 3.05) is 5.73 Å². The minimum absolute atomic E-state index is 0.478. The van der Waals surface area contributed by atoms with Gasteiger partial charge in [0.1, 0.15) is 11.6 Å². The lowest BCUT2D eigenvalue weighted by Crippen LogP contribution is -1.98. The molecule has 0 amide bonds. The van der Waals surface area contributed by atoms with E-state index in [-0.39, 0.29) is 0 Å². The van der Waals surface area contributed by atoms with Crippen LogP contribution >= 0.6 is 0 Å². The summed E-state index contributed by atoms with van der Waals surface area (Å²) in [7, 11) is 0. The summed E-state index contributed by atoms with van der Waals surface area (Å²) in [6.45, 7) is 3.91. The highest BCUT2D eigenvalue weighted by atomic mass is 16.3. The van der Waals surface area contributed by atoms with Gasteiger partial charge in [0.15, 0.2) is 11.6 Å². The zero-order chi connectivity index (χ0) is 10.8. The molecular formula is C11H13N3O. The minimum Gasteiger partial charge on any atom is -0.458 e. The van der Waals surface area contributed by atoms with E-state index in [2.05, 4.69) is 9.97 Å². The molecule has 0 spiro atoms. The molecule has 0 saturated carbocycles. The fourth-order valence-electron chi connectivity index (χ4n) is 1.36. The smallest absolute Gasteiger partial charge is 0.197 e. The van der Waals surface area contributed by atoms with Crippen LogP contribution in [0.25, 0.3) is 11.6 Å². The molecule has 0 atom stereocenters. The number of furan rings is 1. The summed E-state index contributed by atoms with van der Waals surface area (Å²) in [5.41, 5.74) is 6.61. The van der Waals surface area contributed by atoms with Crippen molar-refractivity contribution in [2.45, 2.75) is 20.3 Å². The molecular weight excluding hydrogens is 190 g/mol. The van der Waals surface area contributed by atoms with Crippen LogP contribution in [-0.4, -0.2) is 9.97 Å². The summed E-state index contributed by atoms with van der Waals surface area (Å²) in [5, 5.41) is 0. The fourth-order valence-corrected chi connectivity index (χ4v) is 1.36. The highest BCUT2D eigenvalue weighted by Crippen LogP contribution is 2.19. The predicted octanol–water partition coefficient (Wildman–Crippen LogP) is 2.19. The van der Waals surface area contributed by atoms with E-state index >= 15 is 0 Å². The summed E-state index contributed by atoms with van der Waals surface area (Å²) >= 11 is 0. The Hall–Kier alpha value is -1.84. The molecule has 2 aromatic heterocycles. The molecule has 0 fully saturated rings. The standard InChI is InChI=1S/C11H13N3O/c1-3-8-6-10(12)14-11(13-8)9-5-4-7(2)15-9/h4-6H,3H2,1-2H3,(H2,12,13,14). The number of hydrogen-bond donors (Lipinski definition) is 1. The van der Waals surface area contributed by atoms with Crippen molar-refractivity contribution in [3.05, 3.63) is 29.7 Å². The third kappa shape index (κ3) is 1.98. The quantitative estimate of drug-likeness (QED) is 0.812. The molecule has 4 heteroatoms. The van der Waals surface area contributed by atoms with Gasteiger partial charge in [-0.1, -0.05) is 6.92 Å². The molecule has 0 unspecified atom stereocenters. The van der Waals surface area contributed by atoms with Gasteiger partial charge in [0.25, 0.3) is 0 Å². The number of nitrogens with two attached hydrogens (primary N) is 1. The maximum atomic E-state index is 5.69. The summed E-state index contributed by atoms with van der Waals surface area (Å²) in [6, 6.07) is 5.51. The fraction of sp³-hybridized carbons (Fsp3) is 0.273. The normalized spacial score (nSPS) is 10.5. The number of aromatic nitrogens is 2. The van der Waals surface area contributed by atoms with E-state index in [1.54, 1.807) is 6.07 Å². The van der Waals surface area contributed by atoms with Crippen molar-refractivity contribution in [3.63, 3.8) is 0 Å². The van der Waals surface area contributed by atoms with Gasteiger partial charge < -0.3 is 10.2 Å². The lowest BCUT2D eigenvalue weighted by atomic mass is 10.3. The van der Waals surface area contributed by atoms with E-state index in [9.17, 15) is 0 Å². The molecule has 78 valence electrons. The number of rotatable bonds is 2. The van der Waals surface area contributed by atoms with Gasteiger partial charge in [0, 0.05) is 11.8 Å². The Labute approximate surface area is 88.2 Å². The van der Waals surface area contributed by atoms with Crippen LogP contribution in [0.3, 0.4) is 0 Å². The van der Waals surface area contributed by atoms with Gasteiger partial charge in [0.2, 0.25) is 0 Å². The Bertz CT molecular complexity index is 476. The molecule has 15 heavy (non-hydrogen) atoms. The summed E-state index contributed by atoms with van der Waals surface area (Å²) < 4.78 is 5.44. The Morgan fingerprint density at radius 2 is 2.13 bits per heavy atom. The van der Waals surface area contributed by atoms with Gasteiger partial charge in [-0.05, 0) is 25.5 Å². The zero-order valence-corrected chi connectivity index (χ0v) is 8.82. The summed E-state index contributed by atoms with van der Waals surface area (Å²) in [4.78, 5) is 8.49. The van der Waals surface area contributed by atoms with Gasteiger partial charge in [0.05, 0.1) is 0 Å². The molecule has 2 heterocycles. The van der Waals surface area contributed by atoms with Gasteiger partial charge in [-0.25, -0.2) is 9.97 Å². The molecule has 0 bridgehead atoms. The van der Waals surface area contributed by atoms with Crippen molar-refractivity contribution >= 4 is 5.82 Å². The molecule has 0 aliphatic heterocycles. The monoisotopic (exact) mass is 203 g/mol.